The van der Waals surface area contributed by atoms with Gasteiger partial charge in [-0.1, -0.05) is 30.3 Å². The van der Waals surface area contributed by atoms with Crippen LogP contribution in [-0.2, 0) is 6.42 Å². The summed E-state index contributed by atoms with van der Waals surface area (Å²) in [6.07, 6.45) is 2.08. The molecule has 0 fully saturated rings. The Kier molecular flexibility index (Phi) is 5.06. The zero-order valence-electron chi connectivity index (χ0n) is 12.4. The van der Waals surface area contributed by atoms with Crippen molar-refractivity contribution in [2.45, 2.75) is 12.8 Å². The first kappa shape index (κ1) is 15.2. The number of fused-ring (bicyclic) bond motifs is 1. The zero-order chi connectivity index (χ0) is 15.2. The number of aryl methyl sites for hydroxylation is 1. The van der Waals surface area contributed by atoms with E-state index in [-0.39, 0.29) is 5.75 Å². The summed E-state index contributed by atoms with van der Waals surface area (Å²) in [5, 5.41) is 9.89. The van der Waals surface area contributed by atoms with E-state index in [4.69, 9.17) is 9.47 Å². The highest BCUT2D eigenvalue weighted by molar-refractivity contribution is 5.79. The molecule has 3 N–H and O–H groups in total. The van der Waals surface area contributed by atoms with Gasteiger partial charge in [0.25, 0.3) is 0 Å². The molecule has 0 bridgehead atoms. The standard InChI is InChI=1S/C16H16O3.CH5N/c1-18-16-13(8-3-9-14(16)17)12-7-2-5-11-6-4-10-19-15(11)12;1-2/h2-3,5,7-9,17H,4,6,10H2,1H3;2H2,1H3. The molecule has 0 radical (unpaired) electrons. The molecule has 0 aliphatic carbocycles. The van der Waals surface area contributed by atoms with Gasteiger partial charge in [-0.15, -0.1) is 0 Å². The Labute approximate surface area is 125 Å². The van der Waals surface area contributed by atoms with E-state index in [0.717, 1.165) is 36.3 Å². The number of ether oxygens (including phenoxy) is 2. The fourth-order valence-corrected chi connectivity index (χ4v) is 2.55. The monoisotopic (exact) mass is 287 g/mol. The molecule has 0 atom stereocenters. The van der Waals surface area contributed by atoms with Crippen molar-refractivity contribution < 1.29 is 14.6 Å². The van der Waals surface area contributed by atoms with Crippen LogP contribution in [0, 0.1) is 0 Å². The Bertz CT molecular complexity index is 611. The highest BCUT2D eigenvalue weighted by atomic mass is 16.5. The number of phenols is 1. The summed E-state index contributed by atoms with van der Waals surface area (Å²) in [6.45, 7) is 0.741. The number of para-hydroxylation sites is 2. The number of aromatic hydroxyl groups is 1. The van der Waals surface area contributed by atoms with E-state index in [9.17, 15) is 5.11 Å². The molecule has 0 unspecified atom stereocenters. The number of nitrogens with two attached hydrogens (primary N) is 1. The maximum atomic E-state index is 9.89. The van der Waals surface area contributed by atoms with Crippen molar-refractivity contribution in [2.75, 3.05) is 20.8 Å². The molecule has 0 spiro atoms. The van der Waals surface area contributed by atoms with Gasteiger partial charge in [-0.3, -0.25) is 0 Å². The molecule has 3 rings (SSSR count). The van der Waals surface area contributed by atoms with E-state index in [1.165, 1.54) is 12.6 Å². The van der Waals surface area contributed by atoms with Crippen molar-refractivity contribution in [3.05, 3.63) is 42.0 Å². The van der Waals surface area contributed by atoms with Crippen LogP contribution in [0.3, 0.4) is 0 Å². The lowest BCUT2D eigenvalue weighted by Crippen LogP contribution is -2.09. The quantitative estimate of drug-likeness (QED) is 0.891. The van der Waals surface area contributed by atoms with E-state index in [2.05, 4.69) is 11.8 Å². The van der Waals surface area contributed by atoms with Crippen molar-refractivity contribution in [1.82, 2.24) is 0 Å². The van der Waals surface area contributed by atoms with Crippen molar-refractivity contribution in [3.63, 3.8) is 0 Å². The molecule has 2 aromatic rings. The van der Waals surface area contributed by atoms with Crippen LogP contribution in [0.25, 0.3) is 11.1 Å². The van der Waals surface area contributed by atoms with Gasteiger partial charge in [0.2, 0.25) is 0 Å². The fraction of sp³-hybridized carbons (Fsp3) is 0.294. The molecule has 0 saturated heterocycles. The molecule has 1 heterocycles. The lowest BCUT2D eigenvalue weighted by atomic mass is 9.97. The van der Waals surface area contributed by atoms with Gasteiger partial charge in [-0.05, 0) is 31.5 Å². The second-order valence-electron chi connectivity index (χ2n) is 4.60. The molecule has 4 heteroatoms. The molecule has 0 amide bonds. The van der Waals surface area contributed by atoms with Gasteiger partial charge >= 0.3 is 0 Å². The van der Waals surface area contributed by atoms with Gasteiger partial charge in [-0.25, -0.2) is 0 Å². The summed E-state index contributed by atoms with van der Waals surface area (Å²) in [6, 6.07) is 11.5. The van der Waals surface area contributed by atoms with Crippen LogP contribution in [0.15, 0.2) is 36.4 Å². The maximum absolute atomic E-state index is 9.89. The molecule has 1 aliphatic heterocycles. The second-order valence-corrected chi connectivity index (χ2v) is 4.60. The first-order valence-corrected chi connectivity index (χ1v) is 7.00. The van der Waals surface area contributed by atoms with Gasteiger partial charge in [-0.2, -0.15) is 0 Å². The number of rotatable bonds is 2. The summed E-state index contributed by atoms with van der Waals surface area (Å²) in [5.74, 6) is 1.55. The smallest absolute Gasteiger partial charge is 0.168 e. The van der Waals surface area contributed by atoms with Gasteiger partial charge in [0.1, 0.15) is 5.75 Å². The molecule has 0 saturated carbocycles. The van der Waals surface area contributed by atoms with Crippen molar-refractivity contribution in [3.8, 4) is 28.4 Å². The summed E-state index contributed by atoms with van der Waals surface area (Å²) in [4.78, 5) is 0. The Hall–Kier alpha value is -2.20. The molecule has 1 aliphatic rings. The van der Waals surface area contributed by atoms with Crippen LogP contribution in [-0.4, -0.2) is 25.9 Å². The Morgan fingerprint density at radius 2 is 1.81 bits per heavy atom. The van der Waals surface area contributed by atoms with Gasteiger partial charge in [0.05, 0.1) is 13.7 Å². The van der Waals surface area contributed by atoms with Gasteiger partial charge in [0.15, 0.2) is 11.5 Å². The minimum atomic E-state index is 0.147. The highest BCUT2D eigenvalue weighted by Gasteiger charge is 2.19. The van der Waals surface area contributed by atoms with Crippen molar-refractivity contribution in [1.29, 1.82) is 0 Å². The minimum absolute atomic E-state index is 0.147. The molecule has 0 aromatic heterocycles. The SMILES string of the molecule is CN.COc1c(O)cccc1-c1cccc2c1OCCC2. The number of phenolic OH excluding ortho intramolecular Hbond substituents is 1. The second kappa shape index (κ2) is 6.99. The van der Waals surface area contributed by atoms with Crippen LogP contribution < -0.4 is 15.2 Å². The van der Waals surface area contributed by atoms with E-state index >= 15 is 0 Å². The summed E-state index contributed by atoms with van der Waals surface area (Å²) < 4.78 is 11.1. The fourth-order valence-electron chi connectivity index (χ4n) is 2.55. The Morgan fingerprint density at radius 3 is 2.57 bits per heavy atom. The molecular formula is C17H21NO3. The van der Waals surface area contributed by atoms with Crippen LogP contribution in [0.4, 0.5) is 0 Å². The summed E-state index contributed by atoms with van der Waals surface area (Å²) in [7, 11) is 3.06. The van der Waals surface area contributed by atoms with Crippen LogP contribution >= 0.6 is 0 Å². The predicted molar refractivity (Wildman–Crippen MR) is 84.0 cm³/mol. The molecule has 2 aromatic carbocycles. The van der Waals surface area contributed by atoms with Crippen molar-refractivity contribution >= 4 is 0 Å². The number of methoxy groups -OCH3 is 1. The molecule has 112 valence electrons. The largest absolute Gasteiger partial charge is 0.504 e. The highest BCUT2D eigenvalue weighted by Crippen LogP contribution is 2.43. The lowest BCUT2D eigenvalue weighted by molar-refractivity contribution is 0.289. The van der Waals surface area contributed by atoms with Crippen LogP contribution in [0.5, 0.6) is 17.2 Å². The molecular weight excluding hydrogens is 266 g/mol. The normalized spacial score (nSPS) is 12.5. The summed E-state index contributed by atoms with van der Waals surface area (Å²) >= 11 is 0. The Morgan fingerprint density at radius 1 is 1.10 bits per heavy atom. The first-order valence-electron chi connectivity index (χ1n) is 7.00. The third-order valence-electron chi connectivity index (χ3n) is 3.42. The van der Waals surface area contributed by atoms with Crippen LogP contribution in [0.2, 0.25) is 0 Å². The third kappa shape index (κ3) is 2.95. The van der Waals surface area contributed by atoms with Crippen LogP contribution in [0.1, 0.15) is 12.0 Å². The molecule has 4 nitrogen and oxygen atoms in total. The topological polar surface area (TPSA) is 64.7 Å². The average molecular weight is 287 g/mol. The first-order chi connectivity index (χ1) is 10.3. The lowest BCUT2D eigenvalue weighted by Gasteiger charge is -2.21. The zero-order valence-corrected chi connectivity index (χ0v) is 12.4. The van der Waals surface area contributed by atoms with E-state index in [1.54, 1.807) is 13.2 Å². The van der Waals surface area contributed by atoms with Gasteiger partial charge < -0.3 is 20.3 Å². The van der Waals surface area contributed by atoms with E-state index in [1.807, 2.05) is 24.3 Å². The third-order valence-corrected chi connectivity index (χ3v) is 3.42. The minimum Gasteiger partial charge on any atom is -0.504 e. The predicted octanol–water partition coefficient (Wildman–Crippen LogP) is 2.97. The Balaban J connectivity index is 0.000000774. The number of hydrogen-bond acceptors (Lipinski definition) is 4. The molecule has 21 heavy (non-hydrogen) atoms. The van der Waals surface area contributed by atoms with E-state index in [0.29, 0.717) is 5.75 Å². The van der Waals surface area contributed by atoms with Crippen molar-refractivity contribution in [2.24, 2.45) is 5.73 Å². The van der Waals surface area contributed by atoms with E-state index < -0.39 is 0 Å². The van der Waals surface area contributed by atoms with Gasteiger partial charge in [0, 0.05) is 11.1 Å². The average Bonchev–Trinajstić information content (AvgIpc) is 2.56. The number of hydrogen-bond donors (Lipinski definition) is 2. The summed E-state index contributed by atoms with van der Waals surface area (Å²) in [5.41, 5.74) is 7.56. The number of benzene rings is 2. The maximum Gasteiger partial charge on any atom is 0.168 e.